The second-order valence-corrected chi connectivity index (χ2v) is 7.75. The van der Waals surface area contributed by atoms with E-state index < -0.39 is 35.0 Å². The van der Waals surface area contributed by atoms with Crippen molar-refractivity contribution in [3.05, 3.63) is 29.8 Å². The largest absolute Gasteiger partial charge is 0.344 e. The van der Waals surface area contributed by atoms with Crippen molar-refractivity contribution in [3.8, 4) is 0 Å². The average molecular weight is 383 g/mol. The lowest BCUT2D eigenvalue weighted by atomic mass is 9.77. The fourth-order valence-electron chi connectivity index (χ4n) is 3.20. The summed E-state index contributed by atoms with van der Waals surface area (Å²) in [6.07, 6.45) is 2.72. The molecule has 1 saturated carbocycles. The van der Waals surface area contributed by atoms with E-state index in [1.54, 1.807) is 0 Å². The van der Waals surface area contributed by atoms with Crippen LogP contribution < -0.4 is 10.7 Å². The quantitative estimate of drug-likeness (QED) is 0.619. The Labute approximate surface area is 153 Å². The maximum atomic E-state index is 13.6. The van der Waals surface area contributed by atoms with Gasteiger partial charge >= 0.3 is 6.03 Å². The number of amides is 4. The number of thioether (sulfide) groups is 1. The molecule has 4 amide bonds. The Hall–Kier alpha value is -2.16. The molecule has 0 atom stereocenters. The van der Waals surface area contributed by atoms with Crippen LogP contribution in [0.4, 0.5) is 13.6 Å². The van der Waals surface area contributed by atoms with Gasteiger partial charge in [-0.05, 0) is 49.8 Å². The van der Waals surface area contributed by atoms with Gasteiger partial charge in [0.15, 0.2) is 0 Å². The van der Waals surface area contributed by atoms with E-state index in [9.17, 15) is 23.2 Å². The zero-order chi connectivity index (χ0) is 18.9. The summed E-state index contributed by atoms with van der Waals surface area (Å²) in [6, 6.07) is 2.27. The summed E-state index contributed by atoms with van der Waals surface area (Å²) in [5.74, 6) is -2.15. The summed E-state index contributed by atoms with van der Waals surface area (Å²) in [5, 5.41) is 3.39. The van der Waals surface area contributed by atoms with Crippen LogP contribution in [0.15, 0.2) is 23.1 Å². The lowest BCUT2D eigenvalue weighted by molar-refractivity contribution is -0.139. The molecule has 0 unspecified atom stereocenters. The molecule has 2 aliphatic rings. The van der Waals surface area contributed by atoms with Crippen molar-refractivity contribution >= 4 is 29.6 Å². The number of carbonyl (C=O) groups excluding carboxylic acids is 3. The van der Waals surface area contributed by atoms with Crippen molar-refractivity contribution < 1.29 is 23.2 Å². The molecule has 0 radical (unpaired) electrons. The molecular formula is C17H19F2N3O3S. The number of carbonyl (C=O) groups is 3. The molecule has 1 aromatic rings. The number of hydrogen-bond acceptors (Lipinski definition) is 4. The molecule has 1 aliphatic heterocycles. The van der Waals surface area contributed by atoms with Gasteiger partial charge in [-0.3, -0.25) is 15.0 Å². The summed E-state index contributed by atoms with van der Waals surface area (Å²) >= 11 is 0.786. The minimum atomic E-state index is -0.946. The van der Waals surface area contributed by atoms with Crippen molar-refractivity contribution in [2.24, 2.45) is 5.92 Å². The molecule has 9 heteroatoms. The Morgan fingerprint density at radius 3 is 2.73 bits per heavy atom. The van der Waals surface area contributed by atoms with Crippen molar-refractivity contribution in [2.75, 3.05) is 5.75 Å². The van der Waals surface area contributed by atoms with Crippen molar-refractivity contribution in [1.29, 1.82) is 0 Å². The van der Waals surface area contributed by atoms with Crippen LogP contribution in [0.5, 0.6) is 0 Å². The van der Waals surface area contributed by atoms with E-state index in [1.807, 2.05) is 0 Å². The SMILES string of the molecule is CC1CCC2(CC1)NC(=O)N(NC(=O)CSc1cc(F)ccc1F)C2=O. The molecule has 1 spiro atoms. The predicted molar refractivity (Wildman–Crippen MR) is 91.0 cm³/mol. The maximum Gasteiger partial charge on any atom is 0.344 e. The Bertz CT molecular complexity index is 751. The first-order chi connectivity index (χ1) is 12.3. The van der Waals surface area contributed by atoms with Crippen LogP contribution in [0.2, 0.25) is 0 Å². The van der Waals surface area contributed by atoms with Crippen LogP contribution in [-0.4, -0.2) is 34.1 Å². The van der Waals surface area contributed by atoms with Crippen LogP contribution in [0, 0.1) is 17.6 Å². The molecule has 3 rings (SSSR count). The fraction of sp³-hybridized carbons (Fsp3) is 0.471. The van der Waals surface area contributed by atoms with E-state index in [2.05, 4.69) is 17.7 Å². The monoisotopic (exact) mass is 383 g/mol. The van der Waals surface area contributed by atoms with E-state index in [1.165, 1.54) is 0 Å². The first-order valence-electron chi connectivity index (χ1n) is 8.35. The summed E-state index contributed by atoms with van der Waals surface area (Å²) in [5.41, 5.74) is 1.32. The minimum absolute atomic E-state index is 0.0184. The van der Waals surface area contributed by atoms with Gasteiger partial charge in [-0.2, -0.15) is 5.01 Å². The number of imide groups is 1. The molecule has 0 bridgehead atoms. The lowest BCUT2D eigenvalue weighted by Gasteiger charge is -2.33. The first-order valence-corrected chi connectivity index (χ1v) is 9.33. The average Bonchev–Trinajstić information content (AvgIpc) is 2.83. The molecule has 6 nitrogen and oxygen atoms in total. The number of hydrogen-bond donors (Lipinski definition) is 2. The van der Waals surface area contributed by atoms with Crippen molar-refractivity contribution in [2.45, 2.75) is 43.0 Å². The smallest absolute Gasteiger partial charge is 0.322 e. The first kappa shape index (κ1) is 18.6. The Morgan fingerprint density at radius 2 is 2.04 bits per heavy atom. The van der Waals surface area contributed by atoms with E-state index >= 15 is 0 Å². The van der Waals surface area contributed by atoms with Gasteiger partial charge < -0.3 is 5.32 Å². The standard InChI is InChI=1S/C17H19F2N3O3S/c1-10-4-6-17(7-5-10)15(24)22(16(25)20-17)21-14(23)9-26-13-8-11(18)2-3-12(13)19/h2-3,8,10H,4-7,9H2,1H3,(H,20,25)(H,21,23). The highest BCUT2D eigenvalue weighted by atomic mass is 32.2. The second-order valence-electron chi connectivity index (χ2n) is 6.73. The molecule has 1 saturated heterocycles. The third-order valence-corrected chi connectivity index (χ3v) is 5.81. The predicted octanol–water partition coefficient (Wildman–Crippen LogP) is 2.59. The maximum absolute atomic E-state index is 13.6. The molecule has 1 aromatic carbocycles. The zero-order valence-electron chi connectivity index (χ0n) is 14.2. The number of rotatable bonds is 4. The Kier molecular flexibility index (Phi) is 5.17. The number of nitrogens with one attached hydrogen (secondary N) is 2. The van der Waals surface area contributed by atoms with Gasteiger partial charge in [-0.1, -0.05) is 6.92 Å². The molecule has 1 heterocycles. The Morgan fingerprint density at radius 1 is 1.35 bits per heavy atom. The van der Waals surface area contributed by atoms with E-state index in [4.69, 9.17) is 0 Å². The third kappa shape index (κ3) is 3.67. The summed E-state index contributed by atoms with van der Waals surface area (Å²) in [7, 11) is 0. The highest BCUT2D eigenvalue weighted by Crippen LogP contribution is 2.35. The highest BCUT2D eigenvalue weighted by Gasteiger charge is 2.52. The van der Waals surface area contributed by atoms with E-state index in [0.717, 1.165) is 42.8 Å². The van der Waals surface area contributed by atoms with Gasteiger partial charge in [0.05, 0.1) is 5.75 Å². The molecule has 140 valence electrons. The van der Waals surface area contributed by atoms with Crippen LogP contribution in [-0.2, 0) is 9.59 Å². The van der Waals surface area contributed by atoms with E-state index in [0.29, 0.717) is 23.8 Å². The second kappa shape index (κ2) is 7.22. The minimum Gasteiger partial charge on any atom is -0.322 e. The Balaban J connectivity index is 1.60. The van der Waals surface area contributed by atoms with E-state index in [-0.39, 0.29) is 10.6 Å². The summed E-state index contributed by atoms with van der Waals surface area (Å²) in [4.78, 5) is 36.8. The van der Waals surface area contributed by atoms with Crippen LogP contribution in [0.25, 0.3) is 0 Å². The van der Waals surface area contributed by atoms with Crippen LogP contribution >= 0.6 is 11.8 Å². The lowest BCUT2D eigenvalue weighted by Crippen LogP contribution is -2.51. The fourth-order valence-corrected chi connectivity index (χ4v) is 3.96. The van der Waals surface area contributed by atoms with Crippen molar-refractivity contribution in [1.82, 2.24) is 15.8 Å². The van der Waals surface area contributed by atoms with Gasteiger partial charge in [-0.25, -0.2) is 13.6 Å². The number of nitrogens with zero attached hydrogens (tertiary/aromatic N) is 1. The van der Waals surface area contributed by atoms with Crippen molar-refractivity contribution in [3.63, 3.8) is 0 Å². The number of urea groups is 1. The zero-order valence-corrected chi connectivity index (χ0v) is 15.0. The van der Waals surface area contributed by atoms with Gasteiger partial charge in [0.2, 0.25) is 5.91 Å². The summed E-state index contributed by atoms with van der Waals surface area (Å²) in [6.45, 7) is 2.09. The number of hydrazine groups is 1. The number of benzene rings is 1. The number of halogens is 2. The van der Waals surface area contributed by atoms with Crippen LogP contribution in [0.3, 0.4) is 0 Å². The molecule has 1 aliphatic carbocycles. The molecule has 2 fully saturated rings. The van der Waals surface area contributed by atoms with Crippen LogP contribution in [0.1, 0.15) is 32.6 Å². The van der Waals surface area contributed by atoms with Gasteiger partial charge in [-0.15, -0.1) is 11.8 Å². The van der Waals surface area contributed by atoms with Gasteiger partial charge in [0.25, 0.3) is 5.91 Å². The van der Waals surface area contributed by atoms with Gasteiger partial charge in [0.1, 0.15) is 17.2 Å². The molecular weight excluding hydrogens is 364 g/mol. The topological polar surface area (TPSA) is 78.5 Å². The summed E-state index contributed by atoms with van der Waals surface area (Å²) < 4.78 is 26.7. The molecule has 26 heavy (non-hydrogen) atoms. The van der Waals surface area contributed by atoms with Gasteiger partial charge in [0, 0.05) is 4.90 Å². The normalized spacial score (nSPS) is 25.5. The molecule has 2 N–H and O–H groups in total. The third-order valence-electron chi connectivity index (χ3n) is 4.78. The highest BCUT2D eigenvalue weighted by molar-refractivity contribution is 8.00. The molecule has 0 aromatic heterocycles.